The quantitative estimate of drug-likeness (QED) is 0.279. The Balaban J connectivity index is 0. The molecule has 7 nitrogen and oxygen atoms in total. The largest absolute Gasteiger partial charge is 0.500 e. The standard InChI is InChI=1S/C9H23NO3Si.C8H21NO2Si/c1-4-11-14(12-5-2,13-6-3)9-7-8-10;1-3-10-12(11-4-2)8-6-5-7-9/h4-10H2,1-3H3;12H,3-9H2,1-2H3. The van der Waals surface area contributed by atoms with Crippen LogP contribution in [0.4, 0.5) is 0 Å². The van der Waals surface area contributed by atoms with Crippen molar-refractivity contribution in [3.63, 3.8) is 0 Å². The van der Waals surface area contributed by atoms with Crippen molar-refractivity contribution in [2.24, 2.45) is 11.5 Å². The first kappa shape index (κ1) is 28.4. The molecule has 0 radical (unpaired) electrons. The lowest BCUT2D eigenvalue weighted by molar-refractivity contribution is 0.0710. The van der Waals surface area contributed by atoms with Crippen LogP contribution in [0.2, 0.25) is 12.1 Å². The summed E-state index contributed by atoms with van der Waals surface area (Å²) in [5, 5.41) is 0. The van der Waals surface area contributed by atoms with Gasteiger partial charge in [-0.1, -0.05) is 6.42 Å². The van der Waals surface area contributed by atoms with Gasteiger partial charge in [-0.15, -0.1) is 0 Å². The molecule has 0 heterocycles. The molecular weight excluding hydrogens is 368 g/mol. The molecule has 0 aliphatic carbocycles. The molecule has 0 saturated carbocycles. The lowest BCUT2D eigenvalue weighted by atomic mass is 10.3. The molecule has 0 saturated heterocycles. The molecule has 0 aliphatic rings. The van der Waals surface area contributed by atoms with Gasteiger partial charge >= 0.3 is 18.1 Å². The van der Waals surface area contributed by atoms with Crippen LogP contribution in [0.1, 0.15) is 53.9 Å². The molecule has 0 rings (SSSR count). The Labute approximate surface area is 164 Å². The van der Waals surface area contributed by atoms with Crippen LogP contribution in [0, 0.1) is 0 Å². The van der Waals surface area contributed by atoms with Crippen LogP contribution in [0.5, 0.6) is 0 Å². The highest BCUT2D eigenvalue weighted by molar-refractivity contribution is 6.60. The fourth-order valence-electron chi connectivity index (χ4n) is 2.36. The van der Waals surface area contributed by atoms with E-state index >= 15 is 0 Å². The summed E-state index contributed by atoms with van der Waals surface area (Å²) in [5.41, 5.74) is 10.9. The normalized spacial score (nSPS) is 11.5. The molecule has 9 heteroatoms. The van der Waals surface area contributed by atoms with E-state index in [4.69, 9.17) is 33.6 Å². The average molecular weight is 413 g/mol. The molecule has 0 unspecified atom stereocenters. The van der Waals surface area contributed by atoms with E-state index in [2.05, 4.69) is 0 Å². The average Bonchev–Trinajstić information content (AvgIpc) is 2.62. The number of nitrogens with two attached hydrogens (primary N) is 2. The van der Waals surface area contributed by atoms with Crippen LogP contribution < -0.4 is 11.5 Å². The predicted octanol–water partition coefficient (Wildman–Crippen LogP) is 2.40. The van der Waals surface area contributed by atoms with E-state index in [9.17, 15) is 0 Å². The van der Waals surface area contributed by atoms with Crippen molar-refractivity contribution < 1.29 is 22.1 Å². The molecule has 0 spiro atoms. The third-order valence-corrected chi connectivity index (χ3v) is 8.82. The fraction of sp³-hybridized carbons (Fsp3) is 1.00. The van der Waals surface area contributed by atoms with E-state index < -0.39 is 18.1 Å². The summed E-state index contributed by atoms with van der Waals surface area (Å²) in [4.78, 5) is 0. The number of hydrogen-bond acceptors (Lipinski definition) is 7. The van der Waals surface area contributed by atoms with Gasteiger partial charge in [-0.25, -0.2) is 0 Å². The maximum atomic E-state index is 5.65. The van der Waals surface area contributed by atoms with Crippen LogP contribution in [-0.4, -0.2) is 64.2 Å². The first-order valence-corrected chi connectivity index (χ1v) is 13.8. The zero-order valence-corrected chi connectivity index (χ0v) is 19.9. The summed E-state index contributed by atoms with van der Waals surface area (Å²) in [6, 6.07) is 1.91. The van der Waals surface area contributed by atoms with Crippen LogP contribution in [0.25, 0.3) is 0 Å². The Hall–Kier alpha value is 0.154. The maximum absolute atomic E-state index is 5.65. The van der Waals surface area contributed by atoms with Gasteiger partial charge in [-0.3, -0.25) is 0 Å². The van der Waals surface area contributed by atoms with Crippen molar-refractivity contribution in [2.75, 3.05) is 46.1 Å². The number of unbranched alkanes of at least 4 members (excludes halogenated alkanes) is 1. The molecule has 0 aromatic heterocycles. The van der Waals surface area contributed by atoms with Gasteiger partial charge in [0.05, 0.1) is 0 Å². The Morgan fingerprint density at radius 2 is 1.12 bits per heavy atom. The first-order valence-electron chi connectivity index (χ1n) is 10.1. The molecule has 160 valence electrons. The highest BCUT2D eigenvalue weighted by Gasteiger charge is 2.39. The van der Waals surface area contributed by atoms with Gasteiger partial charge in [0, 0.05) is 39.1 Å². The maximum Gasteiger partial charge on any atom is 0.500 e. The lowest BCUT2D eigenvalue weighted by Gasteiger charge is -2.28. The summed E-state index contributed by atoms with van der Waals surface area (Å²) in [7, 11) is -3.72. The van der Waals surface area contributed by atoms with Crippen molar-refractivity contribution in [1.29, 1.82) is 0 Å². The molecule has 0 atom stereocenters. The van der Waals surface area contributed by atoms with Gasteiger partial charge in [0.15, 0.2) is 0 Å². The number of rotatable bonds is 17. The zero-order chi connectivity index (χ0) is 20.1. The smallest absolute Gasteiger partial charge is 0.397 e. The first-order chi connectivity index (χ1) is 12.6. The molecule has 0 amide bonds. The van der Waals surface area contributed by atoms with Crippen molar-refractivity contribution >= 4 is 18.1 Å². The van der Waals surface area contributed by atoms with Crippen LogP contribution in [0.3, 0.4) is 0 Å². The molecule has 4 N–H and O–H groups in total. The minimum atomic E-state index is -2.40. The Morgan fingerprint density at radius 3 is 1.46 bits per heavy atom. The van der Waals surface area contributed by atoms with Gasteiger partial charge < -0.3 is 33.6 Å². The molecular formula is C17H44N2O5Si2. The summed E-state index contributed by atoms with van der Waals surface area (Å²) in [6.45, 7) is 14.8. The van der Waals surface area contributed by atoms with E-state index in [-0.39, 0.29) is 0 Å². The summed E-state index contributed by atoms with van der Waals surface area (Å²) in [6.07, 6.45) is 3.13. The molecule has 26 heavy (non-hydrogen) atoms. The second-order valence-corrected chi connectivity index (χ2v) is 10.3. The third kappa shape index (κ3) is 16.3. The summed E-state index contributed by atoms with van der Waals surface area (Å²) in [5.74, 6) is 0. The molecule has 0 aromatic rings. The van der Waals surface area contributed by atoms with Crippen molar-refractivity contribution in [2.45, 2.75) is 66.0 Å². The summed E-state index contributed by atoms with van der Waals surface area (Å²) < 4.78 is 28.0. The summed E-state index contributed by atoms with van der Waals surface area (Å²) >= 11 is 0. The molecule has 0 fully saturated rings. The second-order valence-electron chi connectivity index (χ2n) is 5.50. The minimum Gasteiger partial charge on any atom is -0.397 e. The van der Waals surface area contributed by atoms with Crippen molar-refractivity contribution in [3.05, 3.63) is 0 Å². The highest BCUT2D eigenvalue weighted by Crippen LogP contribution is 2.17. The van der Waals surface area contributed by atoms with Gasteiger partial charge in [-0.2, -0.15) is 0 Å². The minimum absolute atomic E-state index is 0.636. The lowest BCUT2D eigenvalue weighted by Crippen LogP contribution is -2.46. The van der Waals surface area contributed by atoms with Gasteiger partial charge in [-0.05, 0) is 66.6 Å². The van der Waals surface area contributed by atoms with Crippen LogP contribution in [-0.2, 0) is 22.1 Å². The van der Waals surface area contributed by atoms with Gasteiger partial charge in [0.2, 0.25) is 0 Å². The predicted molar refractivity (Wildman–Crippen MR) is 113 cm³/mol. The van der Waals surface area contributed by atoms with Crippen molar-refractivity contribution in [1.82, 2.24) is 0 Å². The van der Waals surface area contributed by atoms with E-state index in [1.54, 1.807) is 0 Å². The topological polar surface area (TPSA) is 98.2 Å². The van der Waals surface area contributed by atoms with Crippen LogP contribution in [0.15, 0.2) is 0 Å². The Bertz CT molecular complexity index is 257. The van der Waals surface area contributed by atoms with Crippen molar-refractivity contribution in [3.8, 4) is 0 Å². The fourth-order valence-corrected chi connectivity index (χ4v) is 6.80. The van der Waals surface area contributed by atoms with Gasteiger partial charge in [0.1, 0.15) is 0 Å². The van der Waals surface area contributed by atoms with Crippen LogP contribution >= 0.6 is 0 Å². The Kier molecular flexibility index (Phi) is 23.4. The highest BCUT2D eigenvalue weighted by atomic mass is 28.4. The zero-order valence-electron chi connectivity index (χ0n) is 17.8. The molecule has 0 bridgehead atoms. The second kappa shape index (κ2) is 21.5. The molecule has 0 aromatic carbocycles. The van der Waals surface area contributed by atoms with E-state index in [0.717, 1.165) is 51.1 Å². The number of hydrogen-bond donors (Lipinski definition) is 2. The van der Waals surface area contributed by atoms with Gasteiger partial charge in [0.25, 0.3) is 0 Å². The monoisotopic (exact) mass is 412 g/mol. The third-order valence-electron chi connectivity index (χ3n) is 3.38. The van der Waals surface area contributed by atoms with E-state index in [1.807, 2.05) is 34.6 Å². The SMILES string of the molecule is CCO[SiH](CCCCN)OCC.CCO[Si](CCCN)(OCC)OCC. The van der Waals surface area contributed by atoms with E-state index in [0.29, 0.717) is 26.4 Å². The van der Waals surface area contributed by atoms with E-state index in [1.165, 1.54) is 0 Å². The molecule has 0 aliphatic heterocycles. The Morgan fingerprint density at radius 1 is 0.654 bits per heavy atom.